The minimum Gasteiger partial charge on any atom is -0.325 e. The van der Waals surface area contributed by atoms with Crippen LogP contribution >= 0.6 is 22.9 Å². The molecule has 1 atom stereocenters. The third-order valence-corrected chi connectivity index (χ3v) is 6.14. The average Bonchev–Trinajstić information content (AvgIpc) is 2.97. The van der Waals surface area contributed by atoms with Gasteiger partial charge in [-0.1, -0.05) is 18.5 Å². The number of hydrogen-bond acceptors (Lipinski definition) is 4. The molecule has 2 aromatic heterocycles. The number of thiophene rings is 1. The van der Waals surface area contributed by atoms with E-state index in [-0.39, 0.29) is 18.0 Å². The Hall–Kier alpha value is -2.18. The number of fused-ring (bicyclic) bond motifs is 3. The molecule has 0 spiro atoms. The van der Waals surface area contributed by atoms with Crippen molar-refractivity contribution in [2.24, 2.45) is 5.92 Å². The lowest BCUT2D eigenvalue weighted by Crippen LogP contribution is -2.28. The summed E-state index contributed by atoms with van der Waals surface area (Å²) in [6.07, 6.45) is 4.48. The number of carbonyl (C=O) groups excluding carboxylic acids is 1. The van der Waals surface area contributed by atoms with Gasteiger partial charge in [-0.25, -0.2) is 4.98 Å². The number of nitrogens with one attached hydrogen (secondary N) is 1. The third kappa shape index (κ3) is 3.27. The number of hydrogen-bond donors (Lipinski definition) is 1. The van der Waals surface area contributed by atoms with Gasteiger partial charge in [-0.15, -0.1) is 11.3 Å². The normalized spacial score (nSPS) is 16.5. The maximum absolute atomic E-state index is 12.9. The first kappa shape index (κ1) is 17.2. The molecule has 1 amide bonds. The molecule has 2 heterocycles. The van der Waals surface area contributed by atoms with Gasteiger partial charge in [-0.2, -0.15) is 0 Å². The Bertz CT molecular complexity index is 1040. The predicted octanol–water partition coefficient (Wildman–Crippen LogP) is 3.87. The summed E-state index contributed by atoms with van der Waals surface area (Å²) in [5.74, 6) is 0.372. The van der Waals surface area contributed by atoms with Gasteiger partial charge in [0.05, 0.1) is 11.7 Å². The molecule has 5 nitrogen and oxygen atoms in total. The van der Waals surface area contributed by atoms with Crippen LogP contribution in [0.5, 0.6) is 0 Å². The van der Waals surface area contributed by atoms with Crippen molar-refractivity contribution in [1.82, 2.24) is 9.55 Å². The van der Waals surface area contributed by atoms with Crippen molar-refractivity contribution in [2.75, 3.05) is 5.32 Å². The van der Waals surface area contributed by atoms with Crippen LogP contribution < -0.4 is 10.9 Å². The number of anilines is 1. The molecule has 7 heteroatoms. The summed E-state index contributed by atoms with van der Waals surface area (Å²) in [6.45, 7) is 2.17. The summed E-state index contributed by atoms with van der Waals surface area (Å²) in [7, 11) is 0. The van der Waals surface area contributed by atoms with Crippen LogP contribution in [0.2, 0.25) is 5.02 Å². The van der Waals surface area contributed by atoms with Crippen molar-refractivity contribution < 1.29 is 4.79 Å². The number of amides is 1. The molecule has 0 aliphatic heterocycles. The number of aryl methyl sites for hydroxylation is 1. The van der Waals surface area contributed by atoms with Gasteiger partial charge in [0.2, 0.25) is 5.91 Å². The second kappa shape index (κ2) is 6.85. The number of benzene rings is 1. The van der Waals surface area contributed by atoms with E-state index in [1.165, 1.54) is 15.8 Å². The van der Waals surface area contributed by atoms with Gasteiger partial charge in [0, 0.05) is 15.6 Å². The Morgan fingerprint density at radius 1 is 1.38 bits per heavy atom. The van der Waals surface area contributed by atoms with E-state index >= 15 is 0 Å². The van der Waals surface area contributed by atoms with Gasteiger partial charge < -0.3 is 5.32 Å². The fourth-order valence-corrected chi connectivity index (χ4v) is 4.83. The maximum Gasteiger partial charge on any atom is 0.262 e. The van der Waals surface area contributed by atoms with Crippen LogP contribution in [0.1, 0.15) is 23.8 Å². The second-order valence-electron chi connectivity index (χ2n) is 6.76. The summed E-state index contributed by atoms with van der Waals surface area (Å²) >= 11 is 7.46. The molecule has 1 aliphatic rings. The van der Waals surface area contributed by atoms with Gasteiger partial charge in [-0.3, -0.25) is 14.2 Å². The fraction of sp³-hybridized carbons (Fsp3) is 0.316. The molecule has 0 radical (unpaired) electrons. The highest BCUT2D eigenvalue weighted by Crippen LogP contribution is 2.35. The van der Waals surface area contributed by atoms with Gasteiger partial charge in [0.15, 0.2) is 0 Å². The number of nitrogens with zero attached hydrogens (tertiary/aromatic N) is 2. The van der Waals surface area contributed by atoms with Gasteiger partial charge in [0.1, 0.15) is 11.4 Å². The molecular formula is C19H18ClN3O2S. The van der Waals surface area contributed by atoms with Crippen molar-refractivity contribution in [3.05, 3.63) is 56.4 Å². The second-order valence-corrected chi connectivity index (χ2v) is 8.28. The molecule has 0 fully saturated rings. The standard InChI is InChI=1S/C19H18ClN3O2S/c1-11-2-7-14-15(8-11)26-18-17(14)19(25)23(10-21-18)9-16(24)22-13-5-3-12(20)4-6-13/h3-6,10-11H,2,7-9H2,1H3,(H,22,24)/t11-/m1/s1. The largest absolute Gasteiger partial charge is 0.325 e. The zero-order chi connectivity index (χ0) is 18.3. The van der Waals surface area contributed by atoms with E-state index < -0.39 is 0 Å². The van der Waals surface area contributed by atoms with Gasteiger partial charge >= 0.3 is 0 Å². The van der Waals surface area contributed by atoms with Crippen molar-refractivity contribution in [1.29, 1.82) is 0 Å². The highest BCUT2D eigenvalue weighted by molar-refractivity contribution is 7.18. The molecule has 0 saturated heterocycles. The fourth-order valence-electron chi connectivity index (χ4n) is 3.37. The summed E-state index contributed by atoms with van der Waals surface area (Å²) in [5, 5.41) is 4.07. The van der Waals surface area contributed by atoms with Crippen molar-refractivity contribution in [3.8, 4) is 0 Å². The van der Waals surface area contributed by atoms with Gasteiger partial charge in [0.25, 0.3) is 5.56 Å². The minimum atomic E-state index is -0.270. The maximum atomic E-state index is 12.9. The zero-order valence-corrected chi connectivity index (χ0v) is 15.9. The Morgan fingerprint density at radius 2 is 2.15 bits per heavy atom. The SMILES string of the molecule is C[C@@H]1CCc2c(sc3ncn(CC(=O)Nc4ccc(Cl)cc4)c(=O)c23)C1. The Kier molecular flexibility index (Phi) is 4.54. The zero-order valence-electron chi connectivity index (χ0n) is 14.3. The molecule has 0 saturated carbocycles. The first-order chi connectivity index (χ1) is 12.5. The molecule has 3 aromatic rings. The molecule has 4 rings (SSSR count). The lowest BCUT2D eigenvalue weighted by atomic mass is 9.89. The molecule has 26 heavy (non-hydrogen) atoms. The summed E-state index contributed by atoms with van der Waals surface area (Å²) in [5.41, 5.74) is 1.64. The third-order valence-electron chi connectivity index (χ3n) is 4.72. The van der Waals surface area contributed by atoms with E-state index in [2.05, 4.69) is 17.2 Å². The Balaban J connectivity index is 1.61. The average molecular weight is 388 g/mol. The van der Waals surface area contributed by atoms with Crippen LogP contribution in [0.25, 0.3) is 10.2 Å². The van der Waals surface area contributed by atoms with E-state index in [1.807, 2.05) is 0 Å². The molecule has 1 aliphatic carbocycles. The van der Waals surface area contributed by atoms with Crippen LogP contribution in [-0.2, 0) is 24.2 Å². The lowest BCUT2D eigenvalue weighted by molar-refractivity contribution is -0.116. The van der Waals surface area contributed by atoms with Gasteiger partial charge in [-0.05, 0) is 55.0 Å². The van der Waals surface area contributed by atoms with Crippen molar-refractivity contribution in [3.63, 3.8) is 0 Å². The van der Waals surface area contributed by atoms with Crippen LogP contribution in [0, 0.1) is 5.92 Å². The quantitative estimate of drug-likeness (QED) is 0.741. The predicted molar refractivity (Wildman–Crippen MR) is 105 cm³/mol. The van der Waals surface area contributed by atoms with Crippen LogP contribution in [0.4, 0.5) is 5.69 Å². The number of rotatable bonds is 3. The van der Waals surface area contributed by atoms with Crippen LogP contribution in [0.15, 0.2) is 35.4 Å². The molecule has 1 aromatic carbocycles. The van der Waals surface area contributed by atoms with E-state index in [0.29, 0.717) is 22.0 Å². The summed E-state index contributed by atoms with van der Waals surface area (Å²) in [6, 6.07) is 6.85. The van der Waals surface area contributed by atoms with E-state index in [9.17, 15) is 9.59 Å². The number of aromatic nitrogens is 2. The van der Waals surface area contributed by atoms with Crippen LogP contribution in [0.3, 0.4) is 0 Å². The van der Waals surface area contributed by atoms with Crippen molar-refractivity contribution in [2.45, 2.75) is 32.7 Å². The van der Waals surface area contributed by atoms with Crippen LogP contribution in [-0.4, -0.2) is 15.5 Å². The topological polar surface area (TPSA) is 64.0 Å². The highest BCUT2D eigenvalue weighted by atomic mass is 35.5. The highest BCUT2D eigenvalue weighted by Gasteiger charge is 2.23. The lowest BCUT2D eigenvalue weighted by Gasteiger charge is -2.17. The first-order valence-electron chi connectivity index (χ1n) is 8.56. The number of halogens is 1. The van der Waals surface area contributed by atoms with E-state index in [4.69, 9.17) is 11.6 Å². The summed E-state index contributed by atoms with van der Waals surface area (Å²) in [4.78, 5) is 31.7. The summed E-state index contributed by atoms with van der Waals surface area (Å²) < 4.78 is 1.39. The molecule has 0 unspecified atom stereocenters. The smallest absolute Gasteiger partial charge is 0.262 e. The van der Waals surface area contributed by atoms with Crippen molar-refractivity contribution >= 4 is 44.7 Å². The molecule has 134 valence electrons. The molecule has 1 N–H and O–H groups in total. The van der Waals surface area contributed by atoms with E-state index in [1.54, 1.807) is 35.6 Å². The molecular weight excluding hydrogens is 370 g/mol. The first-order valence-corrected chi connectivity index (χ1v) is 9.76. The minimum absolute atomic E-state index is 0.0641. The molecule has 0 bridgehead atoms. The number of carbonyl (C=O) groups is 1. The van der Waals surface area contributed by atoms with E-state index in [0.717, 1.165) is 29.7 Å². The monoisotopic (exact) mass is 387 g/mol. The Morgan fingerprint density at radius 3 is 2.92 bits per heavy atom. The Labute approximate surface area is 159 Å².